The molecule has 13 heteroatoms. The monoisotopic (exact) mass is 516 g/mol. The van der Waals surface area contributed by atoms with Crippen LogP contribution in [0.4, 0.5) is 0 Å². The summed E-state index contributed by atoms with van der Waals surface area (Å²) in [6.45, 7) is 3.26. The molecule has 2 aromatic rings. The molecule has 200 valence electrons. The van der Waals surface area contributed by atoms with Crippen LogP contribution in [-0.2, 0) is 36.8 Å². The number of aromatic nitrogens is 2. The molecule has 4 unspecified atom stereocenters. The summed E-state index contributed by atoms with van der Waals surface area (Å²) in [4.78, 5) is 68.1. The Hall–Kier alpha value is -4.26. The summed E-state index contributed by atoms with van der Waals surface area (Å²) >= 11 is 0. The number of aliphatic carboxylic acids is 2. The number of rotatable bonds is 14. The number of H-pyrrole nitrogens is 1. The number of carbonyl (C=O) groups excluding carboxylic acids is 3. The van der Waals surface area contributed by atoms with Gasteiger partial charge in [-0.25, -0.2) is 9.78 Å². The van der Waals surface area contributed by atoms with E-state index in [1.807, 2.05) is 0 Å². The molecule has 1 aromatic heterocycles. The summed E-state index contributed by atoms with van der Waals surface area (Å²) in [5.41, 5.74) is 7.14. The molecule has 3 amide bonds. The molecule has 0 aliphatic carbocycles. The molecular weight excluding hydrogens is 484 g/mol. The minimum atomic E-state index is -1.52. The zero-order chi connectivity index (χ0) is 27.5. The van der Waals surface area contributed by atoms with E-state index in [1.165, 1.54) is 12.5 Å². The van der Waals surface area contributed by atoms with Gasteiger partial charge in [-0.15, -0.1) is 0 Å². The van der Waals surface area contributed by atoms with E-state index < -0.39 is 66.2 Å². The predicted octanol–water partition coefficient (Wildman–Crippen LogP) is -0.808. The molecule has 0 radical (unpaired) electrons. The van der Waals surface area contributed by atoms with Crippen molar-refractivity contribution in [2.75, 3.05) is 0 Å². The Morgan fingerprint density at radius 1 is 0.919 bits per heavy atom. The third kappa shape index (κ3) is 9.37. The minimum absolute atomic E-state index is 0.0204. The van der Waals surface area contributed by atoms with Crippen LogP contribution < -0.4 is 21.7 Å². The molecule has 0 fully saturated rings. The van der Waals surface area contributed by atoms with Crippen molar-refractivity contribution in [2.45, 2.75) is 57.3 Å². The predicted molar refractivity (Wildman–Crippen MR) is 131 cm³/mol. The van der Waals surface area contributed by atoms with E-state index in [2.05, 4.69) is 25.9 Å². The number of hydrogen-bond donors (Lipinski definition) is 7. The van der Waals surface area contributed by atoms with Crippen LogP contribution in [0.2, 0.25) is 0 Å². The molecule has 0 saturated carbocycles. The van der Waals surface area contributed by atoms with Crippen molar-refractivity contribution in [3.8, 4) is 0 Å². The van der Waals surface area contributed by atoms with Gasteiger partial charge in [0.1, 0.15) is 18.1 Å². The van der Waals surface area contributed by atoms with Crippen molar-refractivity contribution < 1.29 is 34.2 Å². The highest BCUT2D eigenvalue weighted by Crippen LogP contribution is 2.08. The average molecular weight is 517 g/mol. The molecule has 37 heavy (non-hydrogen) atoms. The molecule has 0 bridgehead atoms. The number of nitrogens with two attached hydrogens (primary N) is 1. The van der Waals surface area contributed by atoms with Gasteiger partial charge < -0.3 is 36.9 Å². The third-order valence-corrected chi connectivity index (χ3v) is 5.49. The van der Waals surface area contributed by atoms with Crippen LogP contribution in [0, 0.1) is 5.92 Å². The first-order valence-corrected chi connectivity index (χ1v) is 11.6. The van der Waals surface area contributed by atoms with Crippen molar-refractivity contribution in [1.29, 1.82) is 0 Å². The second-order valence-electron chi connectivity index (χ2n) is 8.87. The lowest BCUT2D eigenvalue weighted by Crippen LogP contribution is -2.59. The van der Waals surface area contributed by atoms with Gasteiger partial charge >= 0.3 is 11.9 Å². The van der Waals surface area contributed by atoms with Crippen LogP contribution in [0.3, 0.4) is 0 Å². The van der Waals surface area contributed by atoms with Gasteiger partial charge in [-0.2, -0.15) is 0 Å². The Kier molecular flexibility index (Phi) is 10.8. The zero-order valence-corrected chi connectivity index (χ0v) is 20.5. The number of carboxylic acids is 2. The van der Waals surface area contributed by atoms with Crippen molar-refractivity contribution in [1.82, 2.24) is 25.9 Å². The van der Waals surface area contributed by atoms with E-state index >= 15 is 0 Å². The summed E-state index contributed by atoms with van der Waals surface area (Å²) in [5, 5.41) is 26.0. The average Bonchev–Trinajstić information content (AvgIpc) is 3.34. The Balaban J connectivity index is 2.09. The Labute approximate surface area is 213 Å². The lowest BCUT2D eigenvalue weighted by atomic mass is 10.0. The number of benzene rings is 1. The molecule has 4 atom stereocenters. The first kappa shape index (κ1) is 29.0. The lowest BCUT2D eigenvalue weighted by molar-refractivity contribution is -0.143. The smallest absolute Gasteiger partial charge is 0.326 e. The summed E-state index contributed by atoms with van der Waals surface area (Å²) in [6.07, 6.45) is 2.22. The number of carboxylic acid groups (broad SMARTS) is 2. The topological polar surface area (TPSA) is 217 Å². The second kappa shape index (κ2) is 13.7. The second-order valence-corrected chi connectivity index (χ2v) is 8.87. The minimum Gasteiger partial charge on any atom is -0.481 e. The molecule has 2 rings (SSSR count). The molecule has 8 N–H and O–H groups in total. The van der Waals surface area contributed by atoms with E-state index in [0.717, 1.165) is 0 Å². The van der Waals surface area contributed by atoms with E-state index in [0.29, 0.717) is 11.3 Å². The highest BCUT2D eigenvalue weighted by atomic mass is 16.4. The van der Waals surface area contributed by atoms with Crippen LogP contribution in [-0.4, -0.2) is 74.0 Å². The third-order valence-electron chi connectivity index (χ3n) is 5.49. The van der Waals surface area contributed by atoms with E-state index in [-0.39, 0.29) is 12.8 Å². The number of nitrogens with zero attached hydrogens (tertiary/aromatic N) is 1. The summed E-state index contributed by atoms with van der Waals surface area (Å²) < 4.78 is 0. The first-order chi connectivity index (χ1) is 17.5. The number of hydrogen-bond acceptors (Lipinski definition) is 7. The summed E-state index contributed by atoms with van der Waals surface area (Å²) in [5.74, 6) is -5.55. The van der Waals surface area contributed by atoms with Crippen LogP contribution in [0.1, 0.15) is 31.5 Å². The normalized spacial score (nSPS) is 14.2. The Bertz CT molecular complexity index is 1070. The van der Waals surface area contributed by atoms with Gasteiger partial charge in [0.15, 0.2) is 0 Å². The van der Waals surface area contributed by atoms with Gasteiger partial charge in [0.25, 0.3) is 0 Å². The number of imidazole rings is 1. The number of nitrogens with one attached hydrogen (secondary N) is 4. The van der Waals surface area contributed by atoms with Gasteiger partial charge in [0.2, 0.25) is 17.7 Å². The van der Waals surface area contributed by atoms with Gasteiger partial charge in [0.05, 0.1) is 18.8 Å². The molecule has 0 spiro atoms. The SMILES string of the molecule is CC(C)C(NC(=O)C(CC(=O)O)NC(=O)C(N)Cc1cnc[nH]1)C(=O)NC(Cc1ccccc1)C(=O)O. The molecule has 1 aromatic carbocycles. The molecular formula is C24H32N6O7. The van der Waals surface area contributed by atoms with Crippen LogP contribution in [0.15, 0.2) is 42.9 Å². The van der Waals surface area contributed by atoms with Gasteiger partial charge in [-0.1, -0.05) is 44.2 Å². The van der Waals surface area contributed by atoms with Gasteiger partial charge in [-0.3, -0.25) is 19.2 Å². The number of amides is 3. The molecule has 0 aliphatic rings. The number of carbonyl (C=O) groups is 5. The highest BCUT2D eigenvalue weighted by Gasteiger charge is 2.33. The quantitative estimate of drug-likeness (QED) is 0.167. The van der Waals surface area contributed by atoms with Crippen molar-refractivity contribution in [3.05, 3.63) is 54.1 Å². The maximum atomic E-state index is 13.0. The summed E-state index contributed by atoms with van der Waals surface area (Å²) in [6, 6.07) is 3.63. The lowest BCUT2D eigenvalue weighted by Gasteiger charge is -2.26. The maximum absolute atomic E-state index is 13.0. The summed E-state index contributed by atoms with van der Waals surface area (Å²) in [7, 11) is 0. The van der Waals surface area contributed by atoms with Crippen LogP contribution in [0.25, 0.3) is 0 Å². The van der Waals surface area contributed by atoms with Crippen LogP contribution in [0.5, 0.6) is 0 Å². The van der Waals surface area contributed by atoms with Crippen molar-refractivity contribution in [3.63, 3.8) is 0 Å². The molecule has 0 aliphatic heterocycles. The Morgan fingerprint density at radius 2 is 1.57 bits per heavy atom. The van der Waals surface area contributed by atoms with E-state index in [1.54, 1.807) is 44.2 Å². The highest BCUT2D eigenvalue weighted by molar-refractivity contribution is 5.95. The molecule has 1 heterocycles. The van der Waals surface area contributed by atoms with Gasteiger partial charge in [0, 0.05) is 24.7 Å². The molecule has 0 saturated heterocycles. The van der Waals surface area contributed by atoms with Crippen molar-refractivity contribution in [2.24, 2.45) is 11.7 Å². The van der Waals surface area contributed by atoms with E-state index in [9.17, 15) is 34.2 Å². The standard InChI is InChI=1S/C24H32N6O7/c1-13(2)20(23(35)29-18(24(36)37)8-14-6-4-3-5-7-14)30-22(34)17(10-19(31)32)28-21(33)16(25)9-15-11-26-12-27-15/h3-7,11-13,16-18,20H,8-10,25H2,1-2H3,(H,26,27)(H,28,33)(H,29,35)(H,30,34)(H,31,32)(H,36,37). The fourth-order valence-electron chi connectivity index (χ4n) is 3.49. The zero-order valence-electron chi connectivity index (χ0n) is 20.5. The van der Waals surface area contributed by atoms with Crippen molar-refractivity contribution >= 4 is 29.7 Å². The Morgan fingerprint density at radius 3 is 2.11 bits per heavy atom. The number of aromatic amines is 1. The van der Waals surface area contributed by atoms with Crippen LogP contribution >= 0.6 is 0 Å². The largest absolute Gasteiger partial charge is 0.481 e. The fraction of sp³-hybridized carbons (Fsp3) is 0.417. The van der Waals surface area contributed by atoms with Gasteiger partial charge in [-0.05, 0) is 11.5 Å². The fourth-order valence-corrected chi connectivity index (χ4v) is 3.49. The van der Waals surface area contributed by atoms with E-state index in [4.69, 9.17) is 5.73 Å². The molecule has 13 nitrogen and oxygen atoms in total. The first-order valence-electron chi connectivity index (χ1n) is 11.6. The maximum Gasteiger partial charge on any atom is 0.326 e.